The lowest BCUT2D eigenvalue weighted by Crippen LogP contribution is -2.66. The number of thioether (sulfide) groups is 1. The molecule has 37 heavy (non-hydrogen) atoms. The van der Waals surface area contributed by atoms with Crippen molar-refractivity contribution in [2.75, 3.05) is 38.8 Å². The number of phenolic OH excluding ortho intramolecular Hbond substituents is 1. The van der Waals surface area contributed by atoms with Crippen LogP contribution < -0.4 is 11.1 Å². The van der Waals surface area contributed by atoms with E-state index in [0.29, 0.717) is 6.42 Å². The number of phenols is 1. The zero-order chi connectivity index (χ0) is 27.3. The number of likely N-dealkylation sites (N-methyl/N-ethyl adjacent to an activating group) is 1. The van der Waals surface area contributed by atoms with Crippen LogP contribution in [-0.4, -0.2) is 118 Å². The van der Waals surface area contributed by atoms with Crippen molar-refractivity contribution in [3.8, 4) is 5.75 Å². The molecule has 0 saturated carbocycles. The van der Waals surface area contributed by atoms with Crippen molar-refractivity contribution >= 4 is 29.3 Å². The van der Waals surface area contributed by atoms with Crippen molar-refractivity contribution < 1.29 is 44.2 Å². The Morgan fingerprint density at radius 2 is 2.00 bits per heavy atom. The first-order valence-electron chi connectivity index (χ1n) is 12.2. The van der Waals surface area contributed by atoms with Crippen LogP contribution in [-0.2, 0) is 19.0 Å². The molecule has 2 aliphatic heterocycles. The highest BCUT2D eigenvalue weighted by Crippen LogP contribution is 2.31. The van der Waals surface area contributed by atoms with E-state index in [1.165, 1.54) is 25.3 Å². The highest BCUT2D eigenvalue weighted by atomic mass is 32.2. The molecule has 3 rings (SSSR count). The van der Waals surface area contributed by atoms with Gasteiger partial charge in [0.25, 0.3) is 0 Å². The minimum Gasteiger partial charge on any atom is -0.508 e. The molecule has 2 fully saturated rings. The molecule has 1 amide bonds. The van der Waals surface area contributed by atoms with Gasteiger partial charge in [0, 0.05) is 24.6 Å². The second-order valence-electron chi connectivity index (χ2n) is 9.33. The van der Waals surface area contributed by atoms with E-state index < -0.39 is 48.0 Å². The van der Waals surface area contributed by atoms with Crippen molar-refractivity contribution in [1.82, 2.24) is 10.2 Å². The van der Waals surface area contributed by atoms with Gasteiger partial charge in [-0.15, -0.1) is 11.8 Å². The van der Waals surface area contributed by atoms with Crippen molar-refractivity contribution in [3.63, 3.8) is 0 Å². The number of aliphatic hydroxyl groups is 3. The Morgan fingerprint density at radius 3 is 2.62 bits per heavy atom. The second-order valence-corrected chi connectivity index (χ2v) is 10.5. The fourth-order valence-electron chi connectivity index (χ4n) is 4.54. The number of benzene rings is 1. The Hall–Kier alpha value is -2.13. The molecule has 0 bridgehead atoms. The third-order valence-corrected chi connectivity index (χ3v) is 7.94. The summed E-state index contributed by atoms with van der Waals surface area (Å²) >= 11 is 1.09. The highest BCUT2D eigenvalue weighted by molar-refractivity contribution is 7.99. The summed E-state index contributed by atoms with van der Waals surface area (Å²) in [4.78, 5) is 27.2. The number of rotatable bonds is 10. The van der Waals surface area contributed by atoms with Gasteiger partial charge in [0.05, 0.1) is 23.8 Å². The second kappa shape index (κ2) is 13.1. The number of likely N-dealkylation sites (tertiary alicyclic amines) is 1. The summed E-state index contributed by atoms with van der Waals surface area (Å²) in [7, 11) is 3.33. The van der Waals surface area contributed by atoms with Gasteiger partial charge in [-0.1, -0.05) is 0 Å². The lowest BCUT2D eigenvalue weighted by molar-refractivity contribution is -0.212. The first kappa shape index (κ1) is 29.4. The number of esters is 1. The first-order chi connectivity index (χ1) is 17.5. The van der Waals surface area contributed by atoms with Crippen LogP contribution in [0.25, 0.3) is 0 Å². The SMILES string of the molecule is COC(C)C(NC(=O)[C@@H]1CCCN1C)C1OC(SCCOC(=O)c2ccc(O)cc2N)C(O)C(O)C1O. The van der Waals surface area contributed by atoms with E-state index in [4.69, 9.17) is 19.9 Å². The molecule has 2 saturated heterocycles. The first-order valence-corrected chi connectivity index (χ1v) is 13.2. The maximum absolute atomic E-state index is 13.0. The van der Waals surface area contributed by atoms with Crippen LogP contribution >= 0.6 is 11.8 Å². The van der Waals surface area contributed by atoms with Gasteiger partial charge in [0.1, 0.15) is 42.2 Å². The molecule has 0 aliphatic carbocycles. The number of carbonyl (C=O) groups excluding carboxylic acids is 2. The summed E-state index contributed by atoms with van der Waals surface area (Å²) in [6.45, 7) is 2.47. The van der Waals surface area contributed by atoms with Crippen LogP contribution in [0.15, 0.2) is 18.2 Å². The molecule has 1 aromatic carbocycles. The number of nitrogen functional groups attached to an aromatic ring is 1. The molecular formula is C24H37N3O9S. The monoisotopic (exact) mass is 543 g/mol. The molecule has 2 heterocycles. The van der Waals surface area contributed by atoms with Gasteiger partial charge in [-0.25, -0.2) is 4.79 Å². The number of nitrogens with one attached hydrogen (secondary N) is 1. The average Bonchev–Trinajstić information content (AvgIpc) is 3.30. The summed E-state index contributed by atoms with van der Waals surface area (Å²) in [5, 5.41) is 44.1. The number of methoxy groups -OCH3 is 1. The van der Waals surface area contributed by atoms with E-state index in [1.54, 1.807) is 6.92 Å². The van der Waals surface area contributed by atoms with Gasteiger partial charge >= 0.3 is 5.97 Å². The summed E-state index contributed by atoms with van der Waals surface area (Å²) in [6.07, 6.45) is -4.47. The third-order valence-electron chi connectivity index (χ3n) is 6.82. The number of anilines is 1. The molecule has 0 radical (unpaired) electrons. The molecule has 2 aliphatic rings. The van der Waals surface area contributed by atoms with Crippen LogP contribution in [0.1, 0.15) is 30.1 Å². The van der Waals surface area contributed by atoms with Gasteiger partial charge < -0.3 is 45.7 Å². The highest BCUT2D eigenvalue weighted by Gasteiger charge is 2.49. The summed E-state index contributed by atoms with van der Waals surface area (Å²) in [6, 6.07) is 2.80. The van der Waals surface area contributed by atoms with Crippen LogP contribution in [0.2, 0.25) is 0 Å². The van der Waals surface area contributed by atoms with Crippen LogP contribution in [0.3, 0.4) is 0 Å². The zero-order valence-electron chi connectivity index (χ0n) is 21.1. The molecule has 8 atom stereocenters. The average molecular weight is 544 g/mol. The Balaban J connectivity index is 1.62. The van der Waals surface area contributed by atoms with Crippen molar-refractivity contribution in [1.29, 1.82) is 0 Å². The molecule has 13 heteroatoms. The van der Waals surface area contributed by atoms with E-state index >= 15 is 0 Å². The van der Waals surface area contributed by atoms with Gasteiger partial charge in [-0.2, -0.15) is 0 Å². The number of aromatic hydroxyl groups is 1. The number of hydrogen-bond donors (Lipinski definition) is 6. The van der Waals surface area contributed by atoms with Crippen molar-refractivity contribution in [2.24, 2.45) is 0 Å². The van der Waals surface area contributed by atoms with Gasteiger partial charge in [-0.3, -0.25) is 9.69 Å². The Morgan fingerprint density at radius 1 is 1.27 bits per heavy atom. The Bertz CT molecular complexity index is 939. The quantitative estimate of drug-likeness (QED) is 0.124. The molecule has 0 spiro atoms. The minimum atomic E-state index is -1.53. The number of ether oxygens (including phenoxy) is 3. The summed E-state index contributed by atoms with van der Waals surface area (Å²) in [5.74, 6) is -0.777. The maximum Gasteiger partial charge on any atom is 0.340 e. The zero-order valence-corrected chi connectivity index (χ0v) is 22.0. The third kappa shape index (κ3) is 7.05. The van der Waals surface area contributed by atoms with E-state index in [1.807, 2.05) is 11.9 Å². The molecule has 0 aromatic heterocycles. The lowest BCUT2D eigenvalue weighted by Gasteiger charge is -2.44. The van der Waals surface area contributed by atoms with Gasteiger partial charge in [0.2, 0.25) is 5.91 Å². The number of amides is 1. The van der Waals surface area contributed by atoms with Crippen LogP contribution in [0.4, 0.5) is 5.69 Å². The standard InChI is InChI=1S/C24H37N3O9S/c1-12(34-3)17(26-22(32)16-5-4-8-27(16)2)21-19(30)18(29)20(31)24(36-21)37-10-9-35-23(33)14-7-6-13(28)11-15(14)25/h6-7,11-12,16-21,24,28-31H,4-5,8-10,25H2,1-3H3,(H,26,32)/t12?,16-,17?,18?,19?,20?,21?,24?/m0/s1. The van der Waals surface area contributed by atoms with Crippen molar-refractivity contribution in [3.05, 3.63) is 23.8 Å². The molecule has 7 N–H and O–H groups in total. The minimum absolute atomic E-state index is 0.0532. The van der Waals surface area contributed by atoms with Gasteiger partial charge in [-0.05, 0) is 45.5 Å². The number of aliphatic hydroxyl groups excluding tert-OH is 3. The lowest BCUT2D eigenvalue weighted by atomic mass is 9.92. The van der Waals surface area contributed by atoms with Crippen molar-refractivity contribution in [2.45, 2.75) is 67.8 Å². The summed E-state index contributed by atoms with van der Waals surface area (Å²) < 4.78 is 16.6. The Labute approximate surface area is 220 Å². The predicted molar refractivity (Wildman–Crippen MR) is 136 cm³/mol. The number of hydrogen-bond acceptors (Lipinski definition) is 12. The van der Waals surface area contributed by atoms with Gasteiger partial charge in [0.15, 0.2) is 0 Å². The molecule has 1 aromatic rings. The van der Waals surface area contributed by atoms with E-state index in [-0.39, 0.29) is 41.3 Å². The van der Waals surface area contributed by atoms with E-state index in [0.717, 1.165) is 24.7 Å². The van der Waals surface area contributed by atoms with Crippen LogP contribution in [0, 0.1) is 0 Å². The maximum atomic E-state index is 13.0. The predicted octanol–water partition coefficient (Wildman–Crippen LogP) is -0.714. The van der Waals surface area contributed by atoms with Crippen LogP contribution in [0.5, 0.6) is 5.75 Å². The molecule has 208 valence electrons. The fraction of sp³-hybridized carbons (Fsp3) is 0.667. The number of nitrogens with two attached hydrogens (primary N) is 1. The molecular weight excluding hydrogens is 506 g/mol. The fourth-order valence-corrected chi connectivity index (χ4v) is 5.51. The molecule has 7 unspecified atom stereocenters. The van der Waals surface area contributed by atoms with E-state index in [2.05, 4.69) is 5.32 Å². The topological polar surface area (TPSA) is 184 Å². The number of carbonyl (C=O) groups is 2. The Kier molecular flexibility index (Phi) is 10.4. The van der Waals surface area contributed by atoms with E-state index in [9.17, 15) is 30.0 Å². The number of nitrogens with zero attached hydrogens (tertiary/aromatic N) is 1. The summed E-state index contributed by atoms with van der Waals surface area (Å²) in [5.41, 5.74) is 4.95. The smallest absolute Gasteiger partial charge is 0.340 e. The largest absolute Gasteiger partial charge is 0.508 e. The normalized spacial score (nSPS) is 30.0. The molecule has 12 nitrogen and oxygen atoms in total.